The van der Waals surface area contributed by atoms with Gasteiger partial charge in [-0.25, -0.2) is 0 Å². The molecule has 2 rings (SSSR count). The molecule has 1 aromatic rings. The van der Waals surface area contributed by atoms with E-state index in [0.29, 0.717) is 12.6 Å². The SMILES string of the molecule is CCc1ccc(C(C)N2CCCC(CC)(C(=O)O)C2)s1. The van der Waals surface area contributed by atoms with Gasteiger partial charge in [0.1, 0.15) is 0 Å². The van der Waals surface area contributed by atoms with Gasteiger partial charge in [-0.3, -0.25) is 9.69 Å². The second-order valence-electron chi connectivity index (χ2n) is 5.85. The first kappa shape index (κ1) is 15.5. The number of thiophene rings is 1. The highest BCUT2D eigenvalue weighted by molar-refractivity contribution is 7.12. The van der Waals surface area contributed by atoms with Crippen molar-refractivity contribution in [3.05, 3.63) is 21.9 Å². The van der Waals surface area contributed by atoms with E-state index in [1.165, 1.54) is 9.75 Å². The van der Waals surface area contributed by atoms with Crippen molar-refractivity contribution in [3.63, 3.8) is 0 Å². The van der Waals surface area contributed by atoms with Gasteiger partial charge in [0.05, 0.1) is 5.41 Å². The monoisotopic (exact) mass is 295 g/mol. The van der Waals surface area contributed by atoms with Crippen LogP contribution in [0.3, 0.4) is 0 Å². The summed E-state index contributed by atoms with van der Waals surface area (Å²) in [5.41, 5.74) is -0.544. The third-order valence-electron chi connectivity index (χ3n) is 4.73. The van der Waals surface area contributed by atoms with E-state index in [1.807, 2.05) is 18.3 Å². The third kappa shape index (κ3) is 2.91. The molecule has 4 heteroatoms. The smallest absolute Gasteiger partial charge is 0.310 e. The fourth-order valence-corrected chi connectivity index (χ4v) is 4.14. The van der Waals surface area contributed by atoms with Gasteiger partial charge >= 0.3 is 5.97 Å². The molecule has 112 valence electrons. The number of carbonyl (C=O) groups is 1. The molecule has 1 N–H and O–H groups in total. The number of likely N-dealkylation sites (tertiary alicyclic amines) is 1. The average Bonchev–Trinajstić information content (AvgIpc) is 2.95. The molecule has 0 spiro atoms. The number of hydrogen-bond donors (Lipinski definition) is 1. The van der Waals surface area contributed by atoms with Crippen LogP contribution in [0.1, 0.15) is 55.8 Å². The molecule has 0 saturated carbocycles. The maximum absolute atomic E-state index is 11.6. The van der Waals surface area contributed by atoms with Crippen LogP contribution in [0.15, 0.2) is 12.1 Å². The Morgan fingerprint density at radius 2 is 2.25 bits per heavy atom. The molecule has 2 atom stereocenters. The molecule has 2 unspecified atom stereocenters. The van der Waals surface area contributed by atoms with Crippen LogP contribution in [0.25, 0.3) is 0 Å². The van der Waals surface area contributed by atoms with Crippen LogP contribution in [0, 0.1) is 5.41 Å². The van der Waals surface area contributed by atoms with Crippen molar-refractivity contribution in [2.75, 3.05) is 13.1 Å². The highest BCUT2D eigenvalue weighted by atomic mass is 32.1. The molecule has 2 heterocycles. The van der Waals surface area contributed by atoms with E-state index in [4.69, 9.17) is 0 Å². The van der Waals surface area contributed by atoms with Crippen LogP contribution < -0.4 is 0 Å². The van der Waals surface area contributed by atoms with Crippen molar-refractivity contribution >= 4 is 17.3 Å². The lowest BCUT2D eigenvalue weighted by molar-refractivity contribution is -0.153. The zero-order valence-corrected chi connectivity index (χ0v) is 13.5. The van der Waals surface area contributed by atoms with E-state index >= 15 is 0 Å². The molecule has 0 aliphatic carbocycles. The summed E-state index contributed by atoms with van der Waals surface area (Å²) >= 11 is 1.86. The maximum atomic E-state index is 11.6. The van der Waals surface area contributed by atoms with Crippen LogP contribution in [-0.2, 0) is 11.2 Å². The summed E-state index contributed by atoms with van der Waals surface area (Å²) in [6, 6.07) is 4.73. The number of aliphatic carboxylic acids is 1. The minimum Gasteiger partial charge on any atom is -0.481 e. The Labute approximate surface area is 125 Å². The fraction of sp³-hybridized carbons (Fsp3) is 0.688. The predicted octanol–water partition coefficient (Wildman–Crippen LogP) is 3.95. The quantitative estimate of drug-likeness (QED) is 0.894. The number of carboxylic acids is 1. The lowest BCUT2D eigenvalue weighted by Gasteiger charge is -2.42. The van der Waals surface area contributed by atoms with E-state index in [0.717, 1.165) is 32.2 Å². The van der Waals surface area contributed by atoms with E-state index in [2.05, 4.69) is 30.9 Å². The van der Waals surface area contributed by atoms with E-state index in [-0.39, 0.29) is 0 Å². The summed E-state index contributed by atoms with van der Waals surface area (Å²) in [6.45, 7) is 8.07. The number of rotatable bonds is 5. The van der Waals surface area contributed by atoms with Gasteiger partial charge in [-0.15, -0.1) is 11.3 Å². The zero-order chi connectivity index (χ0) is 14.8. The zero-order valence-electron chi connectivity index (χ0n) is 12.7. The predicted molar refractivity (Wildman–Crippen MR) is 83.3 cm³/mol. The first-order valence-electron chi connectivity index (χ1n) is 7.58. The Morgan fingerprint density at radius 1 is 1.50 bits per heavy atom. The summed E-state index contributed by atoms with van der Waals surface area (Å²) in [4.78, 5) is 16.8. The molecule has 1 saturated heterocycles. The van der Waals surface area contributed by atoms with Crippen LogP contribution in [0.4, 0.5) is 0 Å². The molecule has 1 aliphatic heterocycles. The fourth-order valence-electron chi connectivity index (χ4n) is 3.10. The molecule has 0 aromatic carbocycles. The van der Waals surface area contributed by atoms with Crippen LogP contribution in [-0.4, -0.2) is 29.1 Å². The van der Waals surface area contributed by atoms with Gasteiger partial charge in [-0.2, -0.15) is 0 Å². The number of nitrogens with zero attached hydrogens (tertiary/aromatic N) is 1. The molecule has 20 heavy (non-hydrogen) atoms. The highest BCUT2D eigenvalue weighted by Crippen LogP contribution is 2.38. The van der Waals surface area contributed by atoms with Gasteiger partial charge in [0.2, 0.25) is 0 Å². The Hall–Kier alpha value is -0.870. The standard InChI is InChI=1S/C16H25NO2S/c1-4-13-7-8-14(20-13)12(3)17-10-6-9-16(5-2,11-17)15(18)19/h7-8,12H,4-6,9-11H2,1-3H3,(H,18,19). The summed E-state index contributed by atoms with van der Waals surface area (Å²) in [5, 5.41) is 9.58. The minimum absolute atomic E-state index is 0.325. The lowest BCUT2D eigenvalue weighted by Crippen LogP contribution is -2.48. The number of carboxylic acid groups (broad SMARTS) is 1. The Bertz CT molecular complexity index is 471. The Morgan fingerprint density at radius 3 is 2.80 bits per heavy atom. The van der Waals surface area contributed by atoms with Gasteiger partial charge < -0.3 is 5.11 Å². The molecular formula is C16H25NO2S. The largest absolute Gasteiger partial charge is 0.481 e. The molecule has 1 aliphatic rings. The third-order valence-corrected chi connectivity index (χ3v) is 6.13. The van der Waals surface area contributed by atoms with Gasteiger partial charge in [-0.05, 0) is 51.3 Å². The molecular weight excluding hydrogens is 270 g/mol. The van der Waals surface area contributed by atoms with Crippen LogP contribution in [0.2, 0.25) is 0 Å². The first-order valence-corrected chi connectivity index (χ1v) is 8.40. The molecule has 0 amide bonds. The molecule has 1 fully saturated rings. The van der Waals surface area contributed by atoms with Gasteiger partial charge in [-0.1, -0.05) is 13.8 Å². The Balaban J connectivity index is 2.13. The second-order valence-corrected chi connectivity index (χ2v) is 7.05. The van der Waals surface area contributed by atoms with E-state index < -0.39 is 11.4 Å². The summed E-state index contributed by atoms with van der Waals surface area (Å²) < 4.78 is 0. The summed E-state index contributed by atoms with van der Waals surface area (Å²) in [5.74, 6) is -0.627. The number of piperidine rings is 1. The molecule has 3 nitrogen and oxygen atoms in total. The molecule has 1 aromatic heterocycles. The van der Waals surface area contributed by atoms with Crippen molar-refractivity contribution < 1.29 is 9.90 Å². The molecule has 0 bridgehead atoms. The normalized spacial score (nSPS) is 25.6. The van der Waals surface area contributed by atoms with Crippen molar-refractivity contribution in [1.29, 1.82) is 0 Å². The van der Waals surface area contributed by atoms with Gasteiger partial charge in [0.25, 0.3) is 0 Å². The summed E-state index contributed by atoms with van der Waals surface area (Å²) in [6.07, 6.45) is 3.59. The van der Waals surface area contributed by atoms with Crippen molar-refractivity contribution in [1.82, 2.24) is 4.90 Å². The van der Waals surface area contributed by atoms with Crippen molar-refractivity contribution in [2.24, 2.45) is 5.41 Å². The van der Waals surface area contributed by atoms with E-state index in [9.17, 15) is 9.90 Å². The highest BCUT2D eigenvalue weighted by Gasteiger charge is 2.42. The molecule has 0 radical (unpaired) electrons. The Kier molecular flexibility index (Phi) is 4.86. The topological polar surface area (TPSA) is 40.5 Å². The van der Waals surface area contributed by atoms with Crippen molar-refractivity contribution in [3.8, 4) is 0 Å². The van der Waals surface area contributed by atoms with Gasteiger partial charge in [0.15, 0.2) is 0 Å². The lowest BCUT2D eigenvalue weighted by atomic mass is 9.77. The average molecular weight is 295 g/mol. The summed E-state index contributed by atoms with van der Waals surface area (Å²) in [7, 11) is 0. The van der Waals surface area contributed by atoms with Gasteiger partial charge in [0, 0.05) is 22.3 Å². The second kappa shape index (κ2) is 6.27. The van der Waals surface area contributed by atoms with Crippen LogP contribution >= 0.6 is 11.3 Å². The first-order chi connectivity index (χ1) is 9.52. The maximum Gasteiger partial charge on any atom is 0.310 e. The van der Waals surface area contributed by atoms with E-state index in [1.54, 1.807) is 0 Å². The number of hydrogen-bond acceptors (Lipinski definition) is 3. The van der Waals surface area contributed by atoms with Crippen LogP contribution in [0.5, 0.6) is 0 Å². The number of aryl methyl sites for hydroxylation is 1. The van der Waals surface area contributed by atoms with Crippen molar-refractivity contribution in [2.45, 2.75) is 52.5 Å². The minimum atomic E-state index is -0.627.